The van der Waals surface area contributed by atoms with Gasteiger partial charge >= 0.3 is 25.8 Å². The first-order valence-electron chi connectivity index (χ1n) is 16.2. The number of hydrogen-bond donors (Lipinski definition) is 0. The second-order valence-electron chi connectivity index (χ2n) is 13.8. The molecule has 0 saturated carbocycles. The van der Waals surface area contributed by atoms with E-state index in [2.05, 4.69) is 165 Å². The number of benzene rings is 4. The van der Waals surface area contributed by atoms with Crippen molar-refractivity contribution in [2.75, 3.05) is 0 Å². The first-order valence-corrected chi connectivity index (χ1v) is 18.4. The maximum atomic E-state index is 2.57. The molecular weight excluding hydrogens is 735 g/mol. The monoisotopic (exact) mass is 788 g/mol. The van der Waals surface area contributed by atoms with Gasteiger partial charge in [0, 0.05) is 0 Å². The third-order valence-corrected chi connectivity index (χ3v) is 16.2. The van der Waals surface area contributed by atoms with E-state index in [9.17, 15) is 0 Å². The molecule has 6 aromatic rings. The van der Waals surface area contributed by atoms with Gasteiger partial charge in [0.25, 0.3) is 0 Å². The third-order valence-electron chi connectivity index (χ3n) is 10.1. The van der Waals surface area contributed by atoms with E-state index in [1.54, 1.807) is 10.4 Å². The average Bonchev–Trinajstić information content (AvgIpc) is 3.62. The van der Waals surface area contributed by atoms with Crippen molar-refractivity contribution in [1.29, 1.82) is 0 Å². The Hall–Kier alpha value is -2.81. The molecule has 46 heavy (non-hydrogen) atoms. The van der Waals surface area contributed by atoms with Gasteiger partial charge in [-0.3, -0.25) is 0 Å². The van der Waals surface area contributed by atoms with Crippen LogP contribution in [0.2, 0.25) is 11.1 Å². The smallest absolute Gasteiger partial charge is 0.358 e. The van der Waals surface area contributed by atoms with Gasteiger partial charge in [0.2, 0.25) is 0 Å². The molecule has 0 aliphatic carbocycles. The zero-order valence-electron chi connectivity index (χ0n) is 29.7. The normalized spacial score (nSPS) is 11.7. The maximum Gasteiger partial charge on any atom is 4.00 e. The fraction of sp³-hybridized carbons (Fsp3) is 0.273. The van der Waals surface area contributed by atoms with Crippen LogP contribution in [0.1, 0.15) is 78.4 Å². The molecule has 6 rings (SSSR count). The predicted molar refractivity (Wildman–Crippen MR) is 206 cm³/mol. The van der Waals surface area contributed by atoms with E-state index in [1.807, 2.05) is 0 Å². The van der Waals surface area contributed by atoms with Gasteiger partial charge in [0.05, 0.1) is 8.07 Å². The minimum absolute atomic E-state index is 0. The Kier molecular flexibility index (Phi) is 12.2. The molecule has 0 aromatic heterocycles. The molecule has 0 amide bonds. The summed E-state index contributed by atoms with van der Waals surface area (Å²) in [6, 6.07) is 42.3. The zero-order valence-corrected chi connectivity index (χ0v) is 34.3. The topological polar surface area (TPSA) is 0 Å². The van der Waals surface area contributed by atoms with Gasteiger partial charge in [-0.1, -0.05) is 127 Å². The van der Waals surface area contributed by atoms with Crippen LogP contribution >= 0.6 is 0 Å². The Morgan fingerprint density at radius 1 is 0.478 bits per heavy atom. The molecule has 0 aliphatic rings. The summed E-state index contributed by atoms with van der Waals surface area (Å²) in [4.78, 5) is 0. The van der Waals surface area contributed by atoms with Crippen molar-refractivity contribution in [2.24, 2.45) is 0 Å². The molecule has 0 radical (unpaired) electrons. The second kappa shape index (κ2) is 15.0. The summed E-state index contributed by atoms with van der Waals surface area (Å²) in [6.45, 7) is 18.9. The molecule has 0 fully saturated rings. The van der Waals surface area contributed by atoms with Crippen LogP contribution in [0.4, 0.5) is 0 Å². The summed E-state index contributed by atoms with van der Waals surface area (Å²) in [6.07, 6.45) is 0. The van der Waals surface area contributed by atoms with Gasteiger partial charge in [-0.2, -0.15) is 12.1 Å². The molecule has 0 unspecified atom stereocenters. The quantitative estimate of drug-likeness (QED) is 0.106. The van der Waals surface area contributed by atoms with Gasteiger partial charge in [-0.15, -0.1) is 68.3 Å². The predicted octanol–water partition coefficient (Wildman–Crippen LogP) is 12.3. The molecule has 0 spiro atoms. The molecule has 236 valence electrons. The van der Waals surface area contributed by atoms with Crippen LogP contribution < -0.4 is 10.4 Å². The van der Waals surface area contributed by atoms with Crippen molar-refractivity contribution < 1.29 is 25.8 Å². The second-order valence-corrected chi connectivity index (χ2v) is 19.0. The molecule has 0 aliphatic heterocycles. The summed E-state index contributed by atoms with van der Waals surface area (Å²) in [7, 11) is -2.16. The molecule has 2 heteroatoms. The van der Waals surface area contributed by atoms with Crippen molar-refractivity contribution in [3.63, 3.8) is 0 Å². The molecule has 0 saturated heterocycles. The molecule has 0 atom stereocenters. The Morgan fingerprint density at radius 3 is 1.13 bits per heavy atom. The van der Waals surface area contributed by atoms with Crippen LogP contribution in [-0.4, -0.2) is 8.07 Å². The molecule has 0 nitrogen and oxygen atoms in total. The fourth-order valence-corrected chi connectivity index (χ4v) is 13.6. The molecule has 0 bridgehead atoms. The van der Waals surface area contributed by atoms with Crippen molar-refractivity contribution in [3.05, 3.63) is 135 Å². The number of fused-ring (bicyclic) bond motifs is 2. The van der Waals surface area contributed by atoms with E-state index in [0.717, 1.165) is 0 Å². The molecule has 0 heterocycles. The Labute approximate surface area is 299 Å². The van der Waals surface area contributed by atoms with E-state index < -0.39 is 8.07 Å². The number of hydrogen-bond acceptors (Lipinski definition) is 0. The van der Waals surface area contributed by atoms with Crippen LogP contribution in [0.3, 0.4) is 0 Å². The average molecular weight is 787 g/mol. The number of rotatable bonds is 8. The molecule has 0 N–H and O–H groups in total. The Morgan fingerprint density at radius 2 is 0.826 bits per heavy atom. The van der Waals surface area contributed by atoms with Crippen LogP contribution in [0.5, 0.6) is 0 Å². The summed E-state index contributed by atoms with van der Waals surface area (Å²) in [5, 5.41) is 8.63. The Balaban J connectivity index is 0.00000192. The van der Waals surface area contributed by atoms with E-state index >= 15 is 0 Å². The van der Waals surface area contributed by atoms with Gasteiger partial charge in [0.15, 0.2) is 0 Å². The standard InChI is InChI=1S/C42H46Si.2CH3.Hf/c1-27(2)31-15-19-33(20-16-31)39-13-9-11-35-23-37(25-41(35)39)43(29(5)6,30(7)8)38-24-36-12-10-14-40(42(36)26-38)34-21-17-32(18-22-34)28(3)4;;;/h9-30H,1-8H3;2*1H3;/q-2;2*-1;+4. The van der Waals surface area contributed by atoms with E-state index in [-0.39, 0.29) is 40.7 Å². The maximum absolute atomic E-state index is 2.57. The van der Waals surface area contributed by atoms with Crippen LogP contribution in [0.15, 0.2) is 109 Å². The Bertz CT molecular complexity index is 1720. The van der Waals surface area contributed by atoms with Gasteiger partial charge in [-0.25, -0.2) is 0 Å². The van der Waals surface area contributed by atoms with Crippen molar-refractivity contribution in [1.82, 2.24) is 0 Å². The van der Waals surface area contributed by atoms with Crippen molar-refractivity contribution in [3.8, 4) is 22.3 Å². The summed E-state index contributed by atoms with van der Waals surface area (Å²) in [5.74, 6) is 1.08. The van der Waals surface area contributed by atoms with Crippen LogP contribution in [0, 0.1) is 14.9 Å². The van der Waals surface area contributed by atoms with Gasteiger partial charge in [0.1, 0.15) is 0 Å². The third kappa shape index (κ3) is 6.50. The van der Waals surface area contributed by atoms with Gasteiger partial charge < -0.3 is 14.9 Å². The first-order chi connectivity index (χ1) is 20.6. The van der Waals surface area contributed by atoms with Crippen molar-refractivity contribution in [2.45, 2.75) is 78.3 Å². The fourth-order valence-electron chi connectivity index (χ4n) is 7.71. The summed E-state index contributed by atoms with van der Waals surface area (Å²) >= 11 is 0. The van der Waals surface area contributed by atoms with Gasteiger partial charge in [-0.05, 0) is 45.2 Å². The minimum Gasteiger partial charge on any atom is -0.358 e. The van der Waals surface area contributed by atoms with Crippen LogP contribution in [0.25, 0.3) is 43.8 Å². The SMILES string of the molecule is CC(C)c1ccc(-c2cccc3[cH-]c([Si](c4cc5c(-c6ccc(C(C)C)cc6)cccc5[cH-]4)(C(C)C)C(C)C)cc23)cc1.[CH3-].[CH3-].[Hf+4]. The van der Waals surface area contributed by atoms with E-state index in [4.69, 9.17) is 0 Å². The zero-order chi connectivity index (χ0) is 30.5. The van der Waals surface area contributed by atoms with Crippen LogP contribution in [-0.2, 0) is 25.8 Å². The summed E-state index contributed by atoms with van der Waals surface area (Å²) in [5.41, 5.74) is 9.20. The first kappa shape index (κ1) is 37.6. The van der Waals surface area contributed by atoms with E-state index in [0.29, 0.717) is 22.9 Å². The minimum atomic E-state index is -2.16. The van der Waals surface area contributed by atoms with E-state index in [1.165, 1.54) is 54.9 Å². The summed E-state index contributed by atoms with van der Waals surface area (Å²) < 4.78 is 0. The molecule has 6 aromatic carbocycles. The largest absolute Gasteiger partial charge is 4.00 e. The molecular formula is C44H52HfSi. The van der Waals surface area contributed by atoms with Crippen molar-refractivity contribution >= 4 is 40.0 Å².